The summed E-state index contributed by atoms with van der Waals surface area (Å²) in [7, 11) is 0. The molecule has 0 bridgehead atoms. The van der Waals surface area contributed by atoms with E-state index in [1.54, 1.807) is 16.6 Å². The molecule has 1 aromatic carbocycles. The number of aromatic nitrogens is 3. The zero-order chi connectivity index (χ0) is 12.7. The average molecular weight is 240 g/mol. The van der Waals surface area contributed by atoms with E-state index in [0.717, 1.165) is 16.8 Å². The maximum atomic E-state index is 9.90. The van der Waals surface area contributed by atoms with Crippen LogP contribution in [0.3, 0.4) is 0 Å². The number of rotatable bonds is 1. The normalized spacial score (nSPS) is 10.9. The van der Waals surface area contributed by atoms with Gasteiger partial charge in [-0.3, -0.25) is 0 Å². The number of fused-ring (bicyclic) bond motifs is 1. The number of para-hydroxylation sites is 1. The second-order valence-corrected chi connectivity index (χ2v) is 4.09. The molecule has 0 aliphatic heterocycles. The van der Waals surface area contributed by atoms with Crippen molar-refractivity contribution >= 4 is 11.6 Å². The van der Waals surface area contributed by atoms with Crippen LogP contribution in [-0.2, 0) is 0 Å². The van der Waals surface area contributed by atoms with Crippen molar-refractivity contribution in [3.05, 3.63) is 42.1 Å². The zero-order valence-electron chi connectivity index (χ0n) is 9.83. The maximum Gasteiger partial charge on any atom is 0.240 e. The summed E-state index contributed by atoms with van der Waals surface area (Å²) in [5, 5.41) is 14.0. The van der Waals surface area contributed by atoms with Crippen LogP contribution in [0.5, 0.6) is 5.75 Å². The highest BCUT2D eigenvalue weighted by Crippen LogP contribution is 2.31. The Balaban J connectivity index is 2.30. The van der Waals surface area contributed by atoms with Crippen LogP contribution in [0, 0.1) is 6.92 Å². The van der Waals surface area contributed by atoms with Gasteiger partial charge in [0, 0.05) is 16.8 Å². The van der Waals surface area contributed by atoms with E-state index >= 15 is 0 Å². The lowest BCUT2D eigenvalue weighted by Gasteiger charge is -2.08. The predicted molar refractivity (Wildman–Crippen MR) is 69.2 cm³/mol. The fourth-order valence-corrected chi connectivity index (χ4v) is 2.07. The third-order valence-electron chi connectivity index (χ3n) is 2.95. The molecule has 0 aliphatic rings. The number of hydrogen-bond donors (Lipinski definition) is 2. The molecule has 3 rings (SSSR count). The van der Waals surface area contributed by atoms with Gasteiger partial charge in [-0.25, -0.2) is 4.52 Å². The minimum absolute atomic E-state index is 0.243. The van der Waals surface area contributed by atoms with Crippen molar-refractivity contribution in [2.45, 2.75) is 6.92 Å². The van der Waals surface area contributed by atoms with Gasteiger partial charge in [0.1, 0.15) is 5.75 Å². The Morgan fingerprint density at radius 1 is 1.11 bits per heavy atom. The van der Waals surface area contributed by atoms with Crippen LogP contribution in [0.15, 0.2) is 36.4 Å². The highest BCUT2D eigenvalue weighted by atomic mass is 16.3. The largest absolute Gasteiger partial charge is 0.507 e. The first-order valence-electron chi connectivity index (χ1n) is 5.57. The van der Waals surface area contributed by atoms with E-state index in [2.05, 4.69) is 10.1 Å². The number of anilines is 1. The number of hydrogen-bond acceptors (Lipinski definition) is 4. The Hall–Kier alpha value is -2.56. The van der Waals surface area contributed by atoms with Gasteiger partial charge in [0.25, 0.3) is 0 Å². The van der Waals surface area contributed by atoms with E-state index in [-0.39, 0.29) is 11.7 Å². The van der Waals surface area contributed by atoms with E-state index in [9.17, 15) is 5.11 Å². The quantitative estimate of drug-likeness (QED) is 0.682. The molecule has 0 saturated carbocycles. The standard InChI is InChI=1S/C13H12N4O/c1-8-9(10-4-2-3-5-11(10)18)6-7-12-15-13(14)16-17(8)12/h2-7,18H,1H3,(H2,14,16). The molecule has 3 N–H and O–H groups in total. The molecule has 0 aliphatic carbocycles. The van der Waals surface area contributed by atoms with Gasteiger partial charge in [-0.2, -0.15) is 4.98 Å². The molecule has 5 nitrogen and oxygen atoms in total. The SMILES string of the molecule is Cc1c(-c2ccccc2O)ccc2nc(N)nn12. The fourth-order valence-electron chi connectivity index (χ4n) is 2.07. The lowest BCUT2D eigenvalue weighted by Crippen LogP contribution is -1.97. The molecular formula is C13H12N4O. The molecule has 0 amide bonds. The summed E-state index contributed by atoms with van der Waals surface area (Å²) in [5.41, 5.74) is 8.85. The van der Waals surface area contributed by atoms with E-state index in [1.807, 2.05) is 31.2 Å². The number of phenolic OH excluding ortho intramolecular Hbond substituents is 1. The zero-order valence-corrected chi connectivity index (χ0v) is 9.83. The number of aryl methyl sites for hydroxylation is 1. The fraction of sp³-hybridized carbons (Fsp3) is 0.0769. The maximum absolute atomic E-state index is 9.90. The van der Waals surface area contributed by atoms with Gasteiger partial charge in [-0.1, -0.05) is 18.2 Å². The van der Waals surface area contributed by atoms with Gasteiger partial charge in [-0.05, 0) is 25.1 Å². The molecule has 0 atom stereocenters. The van der Waals surface area contributed by atoms with Crippen LogP contribution in [0.4, 0.5) is 5.95 Å². The summed E-state index contributed by atoms with van der Waals surface area (Å²) in [6.07, 6.45) is 0. The predicted octanol–water partition coefficient (Wildman–Crippen LogP) is 1.99. The number of pyridine rings is 1. The van der Waals surface area contributed by atoms with Gasteiger partial charge in [0.2, 0.25) is 5.95 Å². The van der Waals surface area contributed by atoms with Crippen molar-refractivity contribution in [2.75, 3.05) is 5.73 Å². The molecule has 2 heterocycles. The van der Waals surface area contributed by atoms with Crippen LogP contribution in [0.1, 0.15) is 5.69 Å². The van der Waals surface area contributed by atoms with Crippen molar-refractivity contribution < 1.29 is 5.11 Å². The number of aromatic hydroxyl groups is 1. The summed E-state index contributed by atoms with van der Waals surface area (Å²) in [6.45, 7) is 1.92. The van der Waals surface area contributed by atoms with Crippen LogP contribution in [0.25, 0.3) is 16.8 Å². The van der Waals surface area contributed by atoms with Crippen molar-refractivity contribution in [2.24, 2.45) is 0 Å². The molecule has 0 radical (unpaired) electrons. The van der Waals surface area contributed by atoms with Gasteiger partial charge in [0.15, 0.2) is 5.65 Å². The van der Waals surface area contributed by atoms with E-state index < -0.39 is 0 Å². The minimum Gasteiger partial charge on any atom is -0.507 e. The van der Waals surface area contributed by atoms with Crippen molar-refractivity contribution in [1.29, 1.82) is 0 Å². The lowest BCUT2D eigenvalue weighted by molar-refractivity contribution is 0.477. The third kappa shape index (κ3) is 1.48. The van der Waals surface area contributed by atoms with E-state index in [0.29, 0.717) is 5.65 Å². The Morgan fingerprint density at radius 3 is 2.67 bits per heavy atom. The van der Waals surface area contributed by atoms with Gasteiger partial charge >= 0.3 is 0 Å². The summed E-state index contributed by atoms with van der Waals surface area (Å²) in [4.78, 5) is 4.10. The Morgan fingerprint density at radius 2 is 1.89 bits per heavy atom. The molecule has 0 unspecified atom stereocenters. The van der Waals surface area contributed by atoms with Crippen molar-refractivity contribution in [3.63, 3.8) is 0 Å². The van der Waals surface area contributed by atoms with Crippen LogP contribution >= 0.6 is 0 Å². The second-order valence-electron chi connectivity index (χ2n) is 4.09. The monoisotopic (exact) mass is 240 g/mol. The van der Waals surface area contributed by atoms with Crippen LogP contribution in [0.2, 0.25) is 0 Å². The van der Waals surface area contributed by atoms with E-state index in [1.165, 1.54) is 0 Å². The molecule has 0 spiro atoms. The van der Waals surface area contributed by atoms with Crippen LogP contribution < -0.4 is 5.73 Å². The van der Waals surface area contributed by atoms with Crippen molar-refractivity contribution in [1.82, 2.24) is 14.6 Å². The summed E-state index contributed by atoms with van der Waals surface area (Å²) in [5.74, 6) is 0.487. The Bertz CT molecular complexity index is 733. The number of nitrogen functional groups attached to an aromatic ring is 1. The van der Waals surface area contributed by atoms with E-state index in [4.69, 9.17) is 5.73 Å². The molecule has 5 heteroatoms. The first kappa shape index (κ1) is 10.6. The summed E-state index contributed by atoms with van der Waals surface area (Å²) < 4.78 is 1.68. The molecule has 90 valence electrons. The molecule has 0 saturated heterocycles. The molecule has 18 heavy (non-hydrogen) atoms. The number of nitrogens with zero attached hydrogens (tertiary/aromatic N) is 3. The highest BCUT2D eigenvalue weighted by Gasteiger charge is 2.11. The minimum atomic E-state index is 0.243. The molecule has 0 fully saturated rings. The number of nitrogens with two attached hydrogens (primary N) is 1. The number of benzene rings is 1. The smallest absolute Gasteiger partial charge is 0.240 e. The summed E-state index contributed by atoms with van der Waals surface area (Å²) >= 11 is 0. The topological polar surface area (TPSA) is 76.4 Å². The summed E-state index contributed by atoms with van der Waals surface area (Å²) in [6, 6.07) is 10.9. The second kappa shape index (κ2) is 3.73. The third-order valence-corrected chi connectivity index (χ3v) is 2.95. The first-order chi connectivity index (χ1) is 8.66. The Labute approximate surface area is 104 Å². The lowest BCUT2D eigenvalue weighted by atomic mass is 10.0. The highest BCUT2D eigenvalue weighted by molar-refractivity contribution is 5.73. The first-order valence-corrected chi connectivity index (χ1v) is 5.57. The Kier molecular flexibility index (Phi) is 2.19. The molecular weight excluding hydrogens is 228 g/mol. The molecule has 3 aromatic rings. The molecule has 2 aromatic heterocycles. The van der Waals surface area contributed by atoms with Gasteiger partial charge in [0.05, 0.1) is 0 Å². The van der Waals surface area contributed by atoms with Crippen molar-refractivity contribution in [3.8, 4) is 16.9 Å². The van der Waals surface area contributed by atoms with Crippen LogP contribution in [-0.4, -0.2) is 19.7 Å². The number of phenols is 1. The van der Waals surface area contributed by atoms with Gasteiger partial charge in [-0.15, -0.1) is 5.10 Å². The average Bonchev–Trinajstić information content (AvgIpc) is 2.73. The van der Waals surface area contributed by atoms with Gasteiger partial charge < -0.3 is 10.8 Å².